The molecule has 23 heavy (non-hydrogen) atoms. The lowest BCUT2D eigenvalue weighted by atomic mass is 9.97. The Labute approximate surface area is 142 Å². The molecule has 2 amide bonds. The van der Waals surface area contributed by atoms with E-state index >= 15 is 0 Å². The van der Waals surface area contributed by atoms with Crippen LogP contribution in [-0.2, 0) is 14.4 Å². The first-order chi connectivity index (χ1) is 10.9. The van der Waals surface area contributed by atoms with E-state index in [4.69, 9.17) is 0 Å². The van der Waals surface area contributed by atoms with Crippen LogP contribution in [0.2, 0.25) is 0 Å². The van der Waals surface area contributed by atoms with E-state index in [2.05, 4.69) is 5.32 Å². The molecular formula is C16H28N2O4S. The molecule has 1 saturated heterocycles. The third-order valence-corrected chi connectivity index (χ3v) is 4.89. The molecule has 2 atom stereocenters. The van der Waals surface area contributed by atoms with Gasteiger partial charge in [-0.2, -0.15) is 0 Å². The SMILES string of the molecule is CCCCC(=O)N1CSCC1C(=O)NCC(CC(C)C)C(=O)O. The Balaban J connectivity index is 2.55. The van der Waals surface area contributed by atoms with E-state index in [0.29, 0.717) is 24.5 Å². The highest BCUT2D eigenvalue weighted by molar-refractivity contribution is 7.99. The van der Waals surface area contributed by atoms with Gasteiger partial charge in [0.2, 0.25) is 11.8 Å². The van der Waals surface area contributed by atoms with Crippen LogP contribution in [0, 0.1) is 11.8 Å². The summed E-state index contributed by atoms with van der Waals surface area (Å²) in [6.45, 7) is 6.06. The molecule has 0 bridgehead atoms. The van der Waals surface area contributed by atoms with Crippen LogP contribution in [0.5, 0.6) is 0 Å². The number of carboxylic acids is 1. The molecule has 1 rings (SSSR count). The quantitative estimate of drug-likeness (QED) is 0.667. The predicted octanol–water partition coefficient (Wildman–Crippen LogP) is 1.94. The Morgan fingerprint density at radius 1 is 1.35 bits per heavy atom. The lowest BCUT2D eigenvalue weighted by Crippen LogP contribution is -2.48. The second-order valence-corrected chi connectivity index (χ2v) is 7.39. The lowest BCUT2D eigenvalue weighted by Gasteiger charge is -2.24. The zero-order valence-electron chi connectivity index (χ0n) is 14.2. The standard InChI is InChI=1S/C16H28N2O4S/c1-4-5-6-14(19)18-10-23-9-13(18)15(20)17-8-12(16(21)22)7-11(2)3/h11-13H,4-10H2,1-3H3,(H,17,20)(H,21,22). The molecule has 2 N–H and O–H groups in total. The molecule has 7 heteroatoms. The van der Waals surface area contributed by atoms with Crippen molar-refractivity contribution in [1.82, 2.24) is 10.2 Å². The molecule has 0 aliphatic carbocycles. The summed E-state index contributed by atoms with van der Waals surface area (Å²) in [6.07, 6.45) is 2.75. The largest absolute Gasteiger partial charge is 0.481 e. The fraction of sp³-hybridized carbons (Fsp3) is 0.812. The fourth-order valence-corrected chi connectivity index (χ4v) is 3.74. The van der Waals surface area contributed by atoms with Crippen molar-refractivity contribution in [2.24, 2.45) is 11.8 Å². The summed E-state index contributed by atoms with van der Waals surface area (Å²) in [4.78, 5) is 37.3. The Morgan fingerprint density at radius 3 is 2.61 bits per heavy atom. The number of carbonyl (C=O) groups is 3. The maximum Gasteiger partial charge on any atom is 0.308 e. The van der Waals surface area contributed by atoms with E-state index in [-0.39, 0.29) is 24.3 Å². The van der Waals surface area contributed by atoms with Crippen LogP contribution >= 0.6 is 11.8 Å². The summed E-state index contributed by atoms with van der Waals surface area (Å²) >= 11 is 1.56. The summed E-state index contributed by atoms with van der Waals surface area (Å²) in [7, 11) is 0. The maximum atomic E-state index is 12.3. The minimum absolute atomic E-state index is 0.00830. The monoisotopic (exact) mass is 344 g/mol. The average molecular weight is 344 g/mol. The van der Waals surface area contributed by atoms with E-state index < -0.39 is 17.9 Å². The van der Waals surface area contributed by atoms with Gasteiger partial charge in [0.15, 0.2) is 0 Å². The highest BCUT2D eigenvalue weighted by Gasteiger charge is 2.34. The van der Waals surface area contributed by atoms with Gasteiger partial charge in [-0.3, -0.25) is 14.4 Å². The van der Waals surface area contributed by atoms with Gasteiger partial charge in [0.1, 0.15) is 6.04 Å². The van der Waals surface area contributed by atoms with Gasteiger partial charge in [-0.25, -0.2) is 0 Å². The number of carbonyl (C=O) groups excluding carboxylic acids is 2. The molecule has 132 valence electrons. The molecule has 0 spiro atoms. The van der Waals surface area contributed by atoms with Gasteiger partial charge in [0, 0.05) is 18.7 Å². The number of unbranched alkanes of at least 4 members (excludes halogenated alkanes) is 1. The highest BCUT2D eigenvalue weighted by Crippen LogP contribution is 2.22. The first-order valence-electron chi connectivity index (χ1n) is 8.24. The number of rotatable bonds is 9. The first kappa shape index (κ1) is 19.8. The van der Waals surface area contributed by atoms with Gasteiger partial charge in [0.25, 0.3) is 0 Å². The molecule has 0 saturated carbocycles. The maximum absolute atomic E-state index is 12.3. The van der Waals surface area contributed by atoms with E-state index in [9.17, 15) is 19.5 Å². The molecule has 1 aliphatic rings. The second kappa shape index (κ2) is 9.80. The van der Waals surface area contributed by atoms with Crippen molar-refractivity contribution in [2.75, 3.05) is 18.2 Å². The molecule has 2 unspecified atom stereocenters. The topological polar surface area (TPSA) is 86.7 Å². The Morgan fingerprint density at radius 2 is 2.04 bits per heavy atom. The van der Waals surface area contributed by atoms with Crippen molar-refractivity contribution in [3.05, 3.63) is 0 Å². The van der Waals surface area contributed by atoms with E-state index in [1.54, 1.807) is 16.7 Å². The molecule has 1 heterocycles. The number of hydrogen-bond acceptors (Lipinski definition) is 4. The van der Waals surface area contributed by atoms with Gasteiger partial charge < -0.3 is 15.3 Å². The zero-order chi connectivity index (χ0) is 17.4. The first-order valence-corrected chi connectivity index (χ1v) is 9.40. The molecular weight excluding hydrogens is 316 g/mol. The summed E-state index contributed by atoms with van der Waals surface area (Å²) in [6, 6.07) is -0.474. The van der Waals surface area contributed by atoms with Crippen molar-refractivity contribution in [2.45, 2.75) is 52.5 Å². The van der Waals surface area contributed by atoms with Crippen LogP contribution in [0.3, 0.4) is 0 Å². The molecule has 1 aliphatic heterocycles. The van der Waals surface area contributed by atoms with Crippen LogP contribution in [-0.4, -0.2) is 52.0 Å². The van der Waals surface area contributed by atoms with Crippen LogP contribution in [0.4, 0.5) is 0 Å². The number of hydrogen-bond donors (Lipinski definition) is 2. The average Bonchev–Trinajstić information content (AvgIpc) is 2.97. The number of amides is 2. The van der Waals surface area contributed by atoms with E-state index in [1.165, 1.54) is 0 Å². The number of nitrogens with zero attached hydrogens (tertiary/aromatic N) is 1. The molecule has 0 radical (unpaired) electrons. The smallest absolute Gasteiger partial charge is 0.308 e. The van der Waals surface area contributed by atoms with Crippen molar-refractivity contribution in [1.29, 1.82) is 0 Å². The van der Waals surface area contributed by atoms with Gasteiger partial charge in [-0.15, -0.1) is 11.8 Å². The van der Waals surface area contributed by atoms with Gasteiger partial charge in [-0.05, 0) is 18.8 Å². The van der Waals surface area contributed by atoms with Gasteiger partial charge in [-0.1, -0.05) is 27.2 Å². The minimum atomic E-state index is -0.893. The number of nitrogens with one attached hydrogen (secondary N) is 1. The summed E-state index contributed by atoms with van der Waals surface area (Å²) in [5.74, 6) is -0.348. The molecule has 0 aromatic carbocycles. The minimum Gasteiger partial charge on any atom is -0.481 e. The predicted molar refractivity (Wildman–Crippen MR) is 91.1 cm³/mol. The third kappa shape index (κ3) is 6.41. The van der Waals surface area contributed by atoms with Crippen LogP contribution in [0.1, 0.15) is 46.5 Å². The molecule has 1 fully saturated rings. The van der Waals surface area contributed by atoms with Crippen LogP contribution in [0.15, 0.2) is 0 Å². The summed E-state index contributed by atoms with van der Waals surface area (Å²) in [5, 5.41) is 11.9. The summed E-state index contributed by atoms with van der Waals surface area (Å²) in [5.41, 5.74) is 0. The second-order valence-electron chi connectivity index (χ2n) is 6.39. The van der Waals surface area contributed by atoms with E-state index in [1.807, 2.05) is 20.8 Å². The van der Waals surface area contributed by atoms with Crippen molar-refractivity contribution >= 4 is 29.5 Å². The molecule has 6 nitrogen and oxygen atoms in total. The normalized spacial score (nSPS) is 19.0. The Kier molecular flexibility index (Phi) is 8.44. The number of carboxylic acid groups (broad SMARTS) is 1. The van der Waals surface area contributed by atoms with Crippen LogP contribution < -0.4 is 5.32 Å². The third-order valence-electron chi connectivity index (χ3n) is 3.88. The molecule has 0 aromatic rings. The highest BCUT2D eigenvalue weighted by atomic mass is 32.2. The molecule has 0 aromatic heterocycles. The van der Waals surface area contributed by atoms with Crippen molar-refractivity contribution in [3.8, 4) is 0 Å². The number of thioether (sulfide) groups is 1. The van der Waals surface area contributed by atoms with Crippen LogP contribution in [0.25, 0.3) is 0 Å². The van der Waals surface area contributed by atoms with Gasteiger partial charge in [0.05, 0.1) is 11.8 Å². The number of aliphatic carboxylic acids is 1. The van der Waals surface area contributed by atoms with Gasteiger partial charge >= 0.3 is 5.97 Å². The van der Waals surface area contributed by atoms with Crippen molar-refractivity contribution in [3.63, 3.8) is 0 Å². The Hall–Kier alpha value is -1.24. The Bertz CT molecular complexity index is 428. The zero-order valence-corrected chi connectivity index (χ0v) is 15.0. The van der Waals surface area contributed by atoms with Crippen molar-refractivity contribution < 1.29 is 19.5 Å². The van der Waals surface area contributed by atoms with E-state index in [0.717, 1.165) is 12.8 Å². The lowest BCUT2D eigenvalue weighted by molar-refractivity contribution is -0.143. The summed E-state index contributed by atoms with van der Waals surface area (Å²) < 4.78 is 0. The fourth-order valence-electron chi connectivity index (χ4n) is 2.56.